The second-order valence-electron chi connectivity index (χ2n) is 4.51. The van der Waals surface area contributed by atoms with Gasteiger partial charge in [0.15, 0.2) is 0 Å². The van der Waals surface area contributed by atoms with Gasteiger partial charge < -0.3 is 5.32 Å². The van der Waals surface area contributed by atoms with Gasteiger partial charge >= 0.3 is 0 Å². The van der Waals surface area contributed by atoms with Gasteiger partial charge in [0.05, 0.1) is 5.01 Å². The molecule has 0 bridgehead atoms. The van der Waals surface area contributed by atoms with Gasteiger partial charge in [-0.2, -0.15) is 14.6 Å². The number of hydrogen-bond donors (Lipinski definition) is 1. The molecule has 1 N–H and O–H groups in total. The van der Waals surface area contributed by atoms with Crippen molar-refractivity contribution in [3.05, 3.63) is 34.2 Å². The van der Waals surface area contributed by atoms with E-state index >= 15 is 0 Å². The van der Waals surface area contributed by atoms with Gasteiger partial charge in [0, 0.05) is 35.8 Å². The summed E-state index contributed by atoms with van der Waals surface area (Å²) in [6.07, 6.45) is 5.43. The summed E-state index contributed by atoms with van der Waals surface area (Å²) < 4.78 is 1.71. The number of nitrogens with one attached hydrogen (secondary N) is 1. The van der Waals surface area contributed by atoms with Gasteiger partial charge in [-0.25, -0.2) is 9.97 Å². The van der Waals surface area contributed by atoms with E-state index in [0.29, 0.717) is 5.78 Å². The molecule has 20 heavy (non-hydrogen) atoms. The summed E-state index contributed by atoms with van der Waals surface area (Å²) in [5.74, 6) is 1.53. The molecular formula is C13H16N6S. The summed E-state index contributed by atoms with van der Waals surface area (Å²) in [6, 6.07) is 1.97. The molecule has 104 valence electrons. The number of thiazole rings is 1. The molecule has 0 aliphatic heterocycles. The van der Waals surface area contributed by atoms with Crippen LogP contribution in [0.4, 0.5) is 5.82 Å². The molecule has 0 saturated heterocycles. The maximum atomic E-state index is 4.42. The number of nitrogens with zero attached hydrogens (tertiary/aromatic N) is 5. The number of aryl methyl sites for hydroxylation is 2. The predicted octanol–water partition coefficient (Wildman–Crippen LogP) is 2.11. The van der Waals surface area contributed by atoms with E-state index in [2.05, 4.69) is 32.3 Å². The molecule has 0 saturated carbocycles. The van der Waals surface area contributed by atoms with E-state index in [4.69, 9.17) is 0 Å². The molecule has 0 aliphatic carbocycles. The molecule has 7 heteroatoms. The SMILES string of the molecule is CCc1cnc(CCNc2cc(C)nc3ncnn23)s1. The zero-order chi connectivity index (χ0) is 13.9. The van der Waals surface area contributed by atoms with Crippen LogP contribution in [0.1, 0.15) is 22.5 Å². The third kappa shape index (κ3) is 2.62. The summed E-state index contributed by atoms with van der Waals surface area (Å²) in [6.45, 7) is 4.92. The number of anilines is 1. The second-order valence-corrected chi connectivity index (χ2v) is 5.70. The van der Waals surface area contributed by atoms with Gasteiger partial charge in [-0.05, 0) is 13.3 Å². The fourth-order valence-electron chi connectivity index (χ4n) is 1.98. The molecule has 3 aromatic rings. The van der Waals surface area contributed by atoms with Gasteiger partial charge in [-0.15, -0.1) is 11.3 Å². The molecule has 0 unspecified atom stereocenters. The number of hydrogen-bond acceptors (Lipinski definition) is 6. The quantitative estimate of drug-likeness (QED) is 0.778. The second kappa shape index (κ2) is 5.54. The lowest BCUT2D eigenvalue weighted by Crippen LogP contribution is -2.10. The van der Waals surface area contributed by atoms with Gasteiger partial charge in [0.2, 0.25) is 0 Å². The fraction of sp³-hybridized carbons (Fsp3) is 0.385. The van der Waals surface area contributed by atoms with Gasteiger partial charge in [0.25, 0.3) is 5.78 Å². The van der Waals surface area contributed by atoms with Crippen molar-refractivity contribution in [2.75, 3.05) is 11.9 Å². The highest BCUT2D eigenvalue weighted by Gasteiger charge is 2.06. The summed E-state index contributed by atoms with van der Waals surface area (Å²) in [4.78, 5) is 14.2. The third-order valence-electron chi connectivity index (χ3n) is 2.97. The molecule has 3 rings (SSSR count). The Hall–Kier alpha value is -2.02. The van der Waals surface area contributed by atoms with E-state index in [1.54, 1.807) is 15.9 Å². The van der Waals surface area contributed by atoms with Gasteiger partial charge in [-0.1, -0.05) is 6.92 Å². The van der Waals surface area contributed by atoms with Crippen LogP contribution >= 0.6 is 11.3 Å². The van der Waals surface area contributed by atoms with Crippen molar-refractivity contribution in [2.45, 2.75) is 26.7 Å². The van der Waals surface area contributed by atoms with Crippen molar-refractivity contribution in [2.24, 2.45) is 0 Å². The highest BCUT2D eigenvalue weighted by atomic mass is 32.1. The summed E-state index contributed by atoms with van der Waals surface area (Å²) >= 11 is 1.78. The van der Waals surface area contributed by atoms with Crippen LogP contribution in [0.3, 0.4) is 0 Å². The first-order valence-electron chi connectivity index (χ1n) is 6.61. The standard InChI is InChI=1S/C13H16N6S/c1-3-10-7-15-12(20-10)4-5-14-11-6-9(2)18-13-16-8-17-19(11)13/h6-8,14H,3-5H2,1-2H3. The Bertz CT molecular complexity index is 717. The number of rotatable bonds is 5. The normalized spacial score (nSPS) is 11.1. The molecule has 0 radical (unpaired) electrons. The lowest BCUT2D eigenvalue weighted by atomic mass is 10.4. The molecule has 0 spiro atoms. The first-order chi connectivity index (χ1) is 9.76. The molecule has 3 aromatic heterocycles. The van der Waals surface area contributed by atoms with Crippen LogP contribution in [0.15, 0.2) is 18.6 Å². The van der Waals surface area contributed by atoms with Crippen LogP contribution in [0, 0.1) is 6.92 Å². The average molecular weight is 288 g/mol. The van der Waals surface area contributed by atoms with Crippen LogP contribution in [0.2, 0.25) is 0 Å². The predicted molar refractivity (Wildman–Crippen MR) is 79.2 cm³/mol. The van der Waals surface area contributed by atoms with Crippen molar-refractivity contribution in [1.82, 2.24) is 24.6 Å². The Labute approximate surface area is 120 Å². The van der Waals surface area contributed by atoms with Crippen LogP contribution in [-0.4, -0.2) is 31.1 Å². The van der Waals surface area contributed by atoms with E-state index in [-0.39, 0.29) is 0 Å². The Morgan fingerprint density at radius 2 is 2.25 bits per heavy atom. The molecule has 0 amide bonds. The highest BCUT2D eigenvalue weighted by molar-refractivity contribution is 7.11. The molecular weight excluding hydrogens is 272 g/mol. The maximum absolute atomic E-state index is 4.42. The van der Waals surface area contributed by atoms with Gasteiger partial charge in [0.1, 0.15) is 12.1 Å². The topological polar surface area (TPSA) is 68.0 Å². The Balaban J connectivity index is 1.69. The smallest absolute Gasteiger partial charge is 0.254 e. The first-order valence-corrected chi connectivity index (χ1v) is 7.42. The minimum absolute atomic E-state index is 0.620. The summed E-state index contributed by atoms with van der Waals surface area (Å²) in [5, 5.41) is 8.71. The first kappa shape index (κ1) is 13.0. The Morgan fingerprint density at radius 3 is 3.05 bits per heavy atom. The van der Waals surface area contributed by atoms with E-state index in [1.165, 1.54) is 11.2 Å². The number of aromatic nitrogens is 5. The molecule has 0 atom stereocenters. The Morgan fingerprint density at radius 1 is 1.35 bits per heavy atom. The largest absolute Gasteiger partial charge is 0.369 e. The molecule has 0 aliphatic rings. The van der Waals surface area contributed by atoms with E-state index in [0.717, 1.165) is 35.9 Å². The lowest BCUT2D eigenvalue weighted by Gasteiger charge is -2.07. The van der Waals surface area contributed by atoms with Crippen LogP contribution in [-0.2, 0) is 12.8 Å². The molecule has 6 nitrogen and oxygen atoms in total. The van der Waals surface area contributed by atoms with Gasteiger partial charge in [-0.3, -0.25) is 0 Å². The van der Waals surface area contributed by atoms with E-state index in [9.17, 15) is 0 Å². The highest BCUT2D eigenvalue weighted by Crippen LogP contribution is 2.15. The molecule has 0 fully saturated rings. The fourth-order valence-corrected chi connectivity index (χ4v) is 2.84. The summed E-state index contributed by atoms with van der Waals surface area (Å²) in [5.41, 5.74) is 0.926. The molecule has 3 heterocycles. The number of fused-ring (bicyclic) bond motifs is 1. The lowest BCUT2D eigenvalue weighted by molar-refractivity contribution is 0.903. The van der Waals surface area contributed by atoms with Crippen molar-refractivity contribution in [3.8, 4) is 0 Å². The van der Waals surface area contributed by atoms with Crippen LogP contribution in [0.5, 0.6) is 0 Å². The van der Waals surface area contributed by atoms with Crippen LogP contribution in [0.25, 0.3) is 5.78 Å². The average Bonchev–Trinajstić information content (AvgIpc) is 3.06. The van der Waals surface area contributed by atoms with Crippen molar-refractivity contribution < 1.29 is 0 Å². The minimum Gasteiger partial charge on any atom is -0.369 e. The zero-order valence-corrected chi connectivity index (χ0v) is 12.3. The van der Waals surface area contributed by atoms with Crippen LogP contribution < -0.4 is 5.32 Å². The van der Waals surface area contributed by atoms with Crippen molar-refractivity contribution in [1.29, 1.82) is 0 Å². The summed E-state index contributed by atoms with van der Waals surface area (Å²) in [7, 11) is 0. The third-order valence-corrected chi connectivity index (χ3v) is 4.18. The van der Waals surface area contributed by atoms with Crippen molar-refractivity contribution >= 4 is 22.9 Å². The molecule has 0 aromatic carbocycles. The Kier molecular flexibility index (Phi) is 3.60. The minimum atomic E-state index is 0.620. The monoisotopic (exact) mass is 288 g/mol. The van der Waals surface area contributed by atoms with Crippen molar-refractivity contribution in [3.63, 3.8) is 0 Å². The van der Waals surface area contributed by atoms with E-state index < -0.39 is 0 Å². The van der Waals surface area contributed by atoms with E-state index in [1.807, 2.05) is 19.2 Å². The zero-order valence-electron chi connectivity index (χ0n) is 11.5. The maximum Gasteiger partial charge on any atom is 0.254 e.